The topological polar surface area (TPSA) is 20.3 Å². The summed E-state index contributed by atoms with van der Waals surface area (Å²) < 4.78 is 0. The average molecular weight is 167 g/mol. The third kappa shape index (κ3) is 1.69. The van der Waals surface area contributed by atoms with Crippen molar-refractivity contribution in [3.05, 3.63) is 0 Å². The van der Waals surface area contributed by atoms with E-state index in [4.69, 9.17) is 0 Å². The van der Waals surface area contributed by atoms with E-state index in [1.54, 1.807) is 0 Å². The zero-order valence-corrected chi connectivity index (χ0v) is 7.75. The number of carbonyl (C=O) groups excluding carboxylic acids is 1. The summed E-state index contributed by atoms with van der Waals surface area (Å²) >= 11 is 0. The lowest BCUT2D eigenvalue weighted by Gasteiger charge is -2.33. The number of hydrogen-bond acceptors (Lipinski definition) is 2. The number of Topliss-reactive ketones (excluding diaryl/α,β-unsaturated/α-hetero) is 1. The molecule has 68 valence electrons. The van der Waals surface area contributed by atoms with Crippen molar-refractivity contribution >= 4 is 5.78 Å². The van der Waals surface area contributed by atoms with Crippen molar-refractivity contribution in [1.29, 1.82) is 0 Å². The third-order valence-electron chi connectivity index (χ3n) is 3.15. The molecule has 0 spiro atoms. The van der Waals surface area contributed by atoms with E-state index in [1.165, 1.54) is 13.0 Å². The van der Waals surface area contributed by atoms with Crippen LogP contribution in [0, 0.1) is 11.8 Å². The summed E-state index contributed by atoms with van der Waals surface area (Å²) in [5.41, 5.74) is 0. The maximum absolute atomic E-state index is 11.3. The minimum absolute atomic E-state index is 0.498. The highest BCUT2D eigenvalue weighted by Gasteiger charge is 2.29. The molecule has 2 unspecified atom stereocenters. The van der Waals surface area contributed by atoms with Crippen molar-refractivity contribution in [2.75, 3.05) is 20.1 Å². The summed E-state index contributed by atoms with van der Waals surface area (Å²) in [6.07, 6.45) is 4.13. The molecule has 0 radical (unpaired) electrons. The van der Waals surface area contributed by atoms with Gasteiger partial charge in [0.1, 0.15) is 5.78 Å². The summed E-state index contributed by atoms with van der Waals surface area (Å²) in [6, 6.07) is 0. The number of hydrogen-bond donors (Lipinski definition) is 0. The van der Waals surface area contributed by atoms with Crippen LogP contribution in [0.25, 0.3) is 0 Å². The SMILES string of the molecule is CN1CC2CCC(=O)CC(C2)C1. The van der Waals surface area contributed by atoms with Crippen LogP contribution in [-0.4, -0.2) is 30.8 Å². The Balaban J connectivity index is 2.06. The molecule has 2 atom stereocenters. The summed E-state index contributed by atoms with van der Waals surface area (Å²) in [5, 5.41) is 0. The second kappa shape index (κ2) is 3.17. The average Bonchev–Trinajstić information content (AvgIpc) is 2.10. The van der Waals surface area contributed by atoms with Gasteiger partial charge in [-0.3, -0.25) is 4.79 Å². The fourth-order valence-corrected chi connectivity index (χ4v) is 2.72. The lowest BCUT2D eigenvalue weighted by atomic mass is 9.88. The van der Waals surface area contributed by atoms with Gasteiger partial charge in [-0.25, -0.2) is 0 Å². The quantitative estimate of drug-likeness (QED) is 0.542. The van der Waals surface area contributed by atoms with Crippen LogP contribution in [0.5, 0.6) is 0 Å². The van der Waals surface area contributed by atoms with E-state index >= 15 is 0 Å². The Labute approximate surface area is 73.9 Å². The Kier molecular flexibility index (Phi) is 2.18. The molecule has 1 aliphatic carbocycles. The predicted molar refractivity (Wildman–Crippen MR) is 48.0 cm³/mol. The van der Waals surface area contributed by atoms with Crippen molar-refractivity contribution in [2.45, 2.75) is 25.7 Å². The van der Waals surface area contributed by atoms with Crippen molar-refractivity contribution in [2.24, 2.45) is 11.8 Å². The lowest BCUT2D eigenvalue weighted by molar-refractivity contribution is -0.119. The highest BCUT2D eigenvalue weighted by Crippen LogP contribution is 2.30. The highest BCUT2D eigenvalue weighted by molar-refractivity contribution is 5.78. The number of likely N-dealkylation sites (tertiary alicyclic amines) is 1. The molecule has 2 rings (SSSR count). The number of fused-ring (bicyclic) bond motifs is 2. The molecule has 0 amide bonds. The number of ketones is 1. The van der Waals surface area contributed by atoms with Gasteiger partial charge in [0, 0.05) is 25.9 Å². The van der Waals surface area contributed by atoms with Gasteiger partial charge in [0.15, 0.2) is 0 Å². The molecule has 2 aliphatic rings. The van der Waals surface area contributed by atoms with Crippen LogP contribution in [0.2, 0.25) is 0 Å². The summed E-state index contributed by atoms with van der Waals surface area (Å²) in [7, 11) is 2.18. The van der Waals surface area contributed by atoms with Gasteiger partial charge < -0.3 is 4.90 Å². The van der Waals surface area contributed by atoms with E-state index in [9.17, 15) is 4.79 Å². The second-order valence-electron chi connectivity index (χ2n) is 4.47. The van der Waals surface area contributed by atoms with Crippen LogP contribution in [0.15, 0.2) is 0 Å². The monoisotopic (exact) mass is 167 g/mol. The lowest BCUT2D eigenvalue weighted by Crippen LogP contribution is -2.36. The van der Waals surface area contributed by atoms with Crippen LogP contribution < -0.4 is 0 Å². The van der Waals surface area contributed by atoms with Gasteiger partial charge in [-0.15, -0.1) is 0 Å². The van der Waals surface area contributed by atoms with Gasteiger partial charge in [-0.1, -0.05) is 0 Å². The Bertz CT molecular complexity index is 190. The molecule has 2 fully saturated rings. The molecule has 1 saturated carbocycles. The van der Waals surface area contributed by atoms with Crippen LogP contribution in [0.1, 0.15) is 25.7 Å². The Hall–Kier alpha value is -0.370. The number of rotatable bonds is 0. The molecule has 0 aromatic rings. The van der Waals surface area contributed by atoms with Crippen molar-refractivity contribution in [1.82, 2.24) is 4.90 Å². The van der Waals surface area contributed by atoms with Crippen molar-refractivity contribution in [3.63, 3.8) is 0 Å². The summed E-state index contributed by atoms with van der Waals surface area (Å²) in [4.78, 5) is 13.7. The summed E-state index contributed by atoms with van der Waals surface area (Å²) in [5.74, 6) is 1.97. The summed E-state index contributed by atoms with van der Waals surface area (Å²) in [6.45, 7) is 2.35. The standard InChI is InChI=1S/C10H17NO/c1-11-6-8-2-3-10(12)5-9(4-8)7-11/h8-9H,2-7H2,1H3. The normalized spacial score (nSPS) is 37.9. The van der Waals surface area contributed by atoms with E-state index < -0.39 is 0 Å². The second-order valence-corrected chi connectivity index (χ2v) is 4.47. The van der Waals surface area contributed by atoms with Gasteiger partial charge in [0.05, 0.1) is 0 Å². The Morgan fingerprint density at radius 3 is 2.92 bits per heavy atom. The third-order valence-corrected chi connectivity index (χ3v) is 3.15. The van der Waals surface area contributed by atoms with Gasteiger partial charge in [-0.05, 0) is 31.7 Å². The Morgan fingerprint density at radius 1 is 1.33 bits per heavy atom. The molecule has 0 aromatic carbocycles. The smallest absolute Gasteiger partial charge is 0.133 e. The number of piperidine rings is 1. The molecule has 12 heavy (non-hydrogen) atoms. The molecule has 1 heterocycles. The van der Waals surface area contributed by atoms with Gasteiger partial charge in [0.25, 0.3) is 0 Å². The number of carbonyl (C=O) groups is 1. The first-order valence-corrected chi connectivity index (χ1v) is 4.94. The number of nitrogens with zero attached hydrogens (tertiary/aromatic N) is 1. The fraction of sp³-hybridized carbons (Fsp3) is 0.900. The van der Waals surface area contributed by atoms with E-state index in [0.29, 0.717) is 11.7 Å². The fourth-order valence-electron chi connectivity index (χ4n) is 2.72. The largest absolute Gasteiger partial charge is 0.306 e. The van der Waals surface area contributed by atoms with Gasteiger partial charge in [0.2, 0.25) is 0 Å². The minimum Gasteiger partial charge on any atom is -0.306 e. The van der Waals surface area contributed by atoms with Gasteiger partial charge >= 0.3 is 0 Å². The molecule has 1 aliphatic heterocycles. The van der Waals surface area contributed by atoms with E-state index in [2.05, 4.69) is 11.9 Å². The molecule has 1 saturated heterocycles. The van der Waals surface area contributed by atoms with E-state index in [-0.39, 0.29) is 0 Å². The first-order valence-electron chi connectivity index (χ1n) is 4.94. The van der Waals surface area contributed by atoms with Crippen molar-refractivity contribution < 1.29 is 4.79 Å². The molecular weight excluding hydrogens is 150 g/mol. The first kappa shape index (κ1) is 8.24. The van der Waals surface area contributed by atoms with Crippen LogP contribution >= 0.6 is 0 Å². The van der Waals surface area contributed by atoms with E-state index in [0.717, 1.165) is 31.7 Å². The van der Waals surface area contributed by atoms with Crippen molar-refractivity contribution in [3.8, 4) is 0 Å². The van der Waals surface area contributed by atoms with E-state index in [1.807, 2.05) is 0 Å². The maximum Gasteiger partial charge on any atom is 0.133 e. The molecular formula is C10H17NO. The Morgan fingerprint density at radius 2 is 2.08 bits per heavy atom. The zero-order valence-electron chi connectivity index (χ0n) is 7.75. The zero-order chi connectivity index (χ0) is 8.55. The highest BCUT2D eigenvalue weighted by atomic mass is 16.1. The first-order chi connectivity index (χ1) is 5.74. The van der Waals surface area contributed by atoms with Gasteiger partial charge in [-0.2, -0.15) is 0 Å². The van der Waals surface area contributed by atoms with Crippen LogP contribution in [0.4, 0.5) is 0 Å². The van der Waals surface area contributed by atoms with Crippen LogP contribution in [-0.2, 0) is 4.79 Å². The van der Waals surface area contributed by atoms with Crippen LogP contribution in [0.3, 0.4) is 0 Å². The molecule has 0 N–H and O–H groups in total. The maximum atomic E-state index is 11.3. The molecule has 2 bridgehead atoms. The minimum atomic E-state index is 0.498. The molecule has 2 nitrogen and oxygen atoms in total. The molecule has 0 aromatic heterocycles. The predicted octanol–water partition coefficient (Wildman–Crippen LogP) is 1.31. The molecule has 2 heteroatoms.